The summed E-state index contributed by atoms with van der Waals surface area (Å²) >= 11 is 6.86. The van der Waals surface area contributed by atoms with Crippen molar-refractivity contribution in [2.45, 2.75) is 16.2 Å². The number of carbonyl (C=O) groups excluding carboxylic acids is 2. The number of hydrogen-bond donors (Lipinski definition) is 1. The molecule has 0 atom stereocenters. The third-order valence-corrected chi connectivity index (χ3v) is 6.36. The van der Waals surface area contributed by atoms with Gasteiger partial charge in [0.05, 0.1) is 9.79 Å². The van der Waals surface area contributed by atoms with Gasteiger partial charge in [0.15, 0.2) is 0 Å². The number of benzene rings is 1. The van der Waals surface area contributed by atoms with E-state index in [4.69, 9.17) is 11.6 Å². The van der Waals surface area contributed by atoms with Gasteiger partial charge in [0.25, 0.3) is 5.78 Å². The second kappa shape index (κ2) is 6.87. The van der Waals surface area contributed by atoms with E-state index in [1.54, 1.807) is 0 Å². The van der Waals surface area contributed by atoms with Gasteiger partial charge in [-0.25, -0.2) is 13.4 Å². The second-order valence-corrected chi connectivity index (χ2v) is 8.34. The number of thiophene rings is 1. The van der Waals surface area contributed by atoms with Crippen LogP contribution in [0.1, 0.15) is 15.5 Å². The summed E-state index contributed by atoms with van der Waals surface area (Å²) in [7, 11) is -3.71. The van der Waals surface area contributed by atoms with Crippen molar-refractivity contribution in [1.29, 1.82) is 0 Å². The lowest BCUT2D eigenvalue weighted by Crippen LogP contribution is -2.17. The molecular formula is C15H10ClN3O4S2. The van der Waals surface area contributed by atoms with E-state index in [2.05, 4.69) is 15.2 Å². The predicted molar refractivity (Wildman–Crippen MR) is 90.6 cm³/mol. The van der Waals surface area contributed by atoms with Crippen LogP contribution in [0.25, 0.3) is 0 Å². The van der Waals surface area contributed by atoms with Crippen LogP contribution in [-0.2, 0) is 21.1 Å². The molecule has 0 bridgehead atoms. The highest BCUT2D eigenvalue weighted by atomic mass is 35.5. The Morgan fingerprint density at radius 1 is 1.16 bits per heavy atom. The Morgan fingerprint density at radius 2 is 1.88 bits per heavy atom. The number of hydrogen-bond acceptors (Lipinski definition) is 7. The summed E-state index contributed by atoms with van der Waals surface area (Å²) in [5, 5.41) is 7.78. The minimum atomic E-state index is -3.71. The van der Waals surface area contributed by atoms with E-state index in [1.807, 2.05) is 0 Å². The van der Waals surface area contributed by atoms with Gasteiger partial charge in [-0.2, -0.15) is 0 Å². The average Bonchev–Trinajstić information content (AvgIpc) is 3.26. The predicted octanol–water partition coefficient (Wildman–Crippen LogP) is 2.35. The van der Waals surface area contributed by atoms with Crippen LogP contribution in [0.15, 0.2) is 51.8 Å². The van der Waals surface area contributed by atoms with Crippen LogP contribution in [0.3, 0.4) is 0 Å². The lowest BCUT2D eigenvalue weighted by molar-refractivity contribution is -0.114. The average molecular weight is 396 g/mol. The molecule has 128 valence electrons. The molecule has 3 aromatic rings. The van der Waals surface area contributed by atoms with E-state index in [-0.39, 0.29) is 22.0 Å². The maximum absolute atomic E-state index is 12.6. The van der Waals surface area contributed by atoms with Crippen molar-refractivity contribution in [2.75, 3.05) is 0 Å². The van der Waals surface area contributed by atoms with Gasteiger partial charge in [0.1, 0.15) is 6.33 Å². The normalized spacial score (nSPS) is 11.4. The number of rotatable bonds is 6. The SMILES string of the molecule is O=C(Cc1cc(S(=O)(=O)c2ccc(Cl)cc2)cs1)C(=O)c1nc[nH]n1. The Hall–Kier alpha value is -2.36. The van der Waals surface area contributed by atoms with Crippen LogP contribution >= 0.6 is 22.9 Å². The van der Waals surface area contributed by atoms with E-state index < -0.39 is 21.4 Å². The molecule has 0 radical (unpaired) electrons. The third-order valence-electron chi connectivity index (χ3n) is 3.27. The summed E-state index contributed by atoms with van der Waals surface area (Å²) in [6, 6.07) is 7.18. The van der Waals surface area contributed by atoms with Gasteiger partial charge < -0.3 is 0 Å². The number of sulfone groups is 1. The number of Topliss-reactive ketones (excluding diaryl/α,β-unsaturated/α-hetero) is 2. The van der Waals surface area contributed by atoms with Crippen LogP contribution in [0, 0.1) is 0 Å². The molecule has 0 saturated heterocycles. The zero-order valence-electron chi connectivity index (χ0n) is 12.5. The lowest BCUT2D eigenvalue weighted by Gasteiger charge is -2.01. The van der Waals surface area contributed by atoms with E-state index in [0.717, 1.165) is 11.3 Å². The van der Waals surface area contributed by atoms with Crippen LogP contribution in [0.5, 0.6) is 0 Å². The number of aromatic nitrogens is 3. The highest BCUT2D eigenvalue weighted by Gasteiger charge is 2.23. The minimum Gasteiger partial charge on any atom is -0.290 e. The van der Waals surface area contributed by atoms with Gasteiger partial charge in [-0.05, 0) is 30.3 Å². The van der Waals surface area contributed by atoms with E-state index in [1.165, 1.54) is 42.0 Å². The van der Waals surface area contributed by atoms with Crippen molar-refractivity contribution < 1.29 is 18.0 Å². The lowest BCUT2D eigenvalue weighted by atomic mass is 10.1. The quantitative estimate of drug-likeness (QED) is 0.506. The number of nitrogens with one attached hydrogen (secondary N) is 1. The van der Waals surface area contributed by atoms with E-state index in [9.17, 15) is 18.0 Å². The van der Waals surface area contributed by atoms with Gasteiger partial charge in [-0.15, -0.1) is 16.4 Å². The van der Waals surface area contributed by atoms with Gasteiger partial charge in [0, 0.05) is 21.7 Å². The Kier molecular flexibility index (Phi) is 4.80. The molecular weight excluding hydrogens is 386 g/mol. The number of H-pyrrole nitrogens is 1. The smallest absolute Gasteiger partial charge is 0.267 e. The van der Waals surface area contributed by atoms with Crippen molar-refractivity contribution in [3.05, 3.63) is 57.8 Å². The Morgan fingerprint density at radius 3 is 2.52 bits per heavy atom. The molecule has 3 rings (SSSR count). The Labute approximate surface area is 151 Å². The summed E-state index contributed by atoms with van der Waals surface area (Å²) in [5.74, 6) is -1.75. The summed E-state index contributed by atoms with van der Waals surface area (Å²) < 4.78 is 25.1. The van der Waals surface area contributed by atoms with Crippen LogP contribution in [0.2, 0.25) is 5.02 Å². The first-order valence-electron chi connectivity index (χ1n) is 6.89. The second-order valence-electron chi connectivity index (χ2n) is 4.96. The molecule has 0 aliphatic rings. The number of nitrogens with zero attached hydrogens (tertiary/aromatic N) is 2. The van der Waals surface area contributed by atoms with Crippen molar-refractivity contribution in [3.8, 4) is 0 Å². The molecule has 7 nitrogen and oxygen atoms in total. The first-order valence-corrected chi connectivity index (χ1v) is 9.63. The summed E-state index contributed by atoms with van der Waals surface area (Å²) in [4.78, 5) is 28.1. The number of halogens is 1. The maximum atomic E-state index is 12.6. The molecule has 10 heteroatoms. The molecule has 2 heterocycles. The van der Waals surface area contributed by atoms with Crippen molar-refractivity contribution in [2.24, 2.45) is 0 Å². The Bertz CT molecular complexity index is 1030. The van der Waals surface area contributed by atoms with Crippen LogP contribution < -0.4 is 0 Å². The fourth-order valence-electron chi connectivity index (χ4n) is 2.03. The summed E-state index contributed by atoms with van der Waals surface area (Å²) in [6.45, 7) is 0. The van der Waals surface area contributed by atoms with Crippen LogP contribution in [-0.4, -0.2) is 35.2 Å². The molecule has 0 aliphatic carbocycles. The first kappa shape index (κ1) is 17.5. The first-order chi connectivity index (χ1) is 11.9. The fraction of sp³-hybridized carbons (Fsp3) is 0.0667. The van der Waals surface area contributed by atoms with Crippen LogP contribution in [0.4, 0.5) is 0 Å². The fourth-order valence-corrected chi connectivity index (χ4v) is 4.69. The van der Waals surface area contributed by atoms with Gasteiger partial charge >= 0.3 is 0 Å². The molecule has 0 amide bonds. The van der Waals surface area contributed by atoms with Gasteiger partial charge in [0.2, 0.25) is 21.4 Å². The highest BCUT2D eigenvalue weighted by molar-refractivity contribution is 7.91. The molecule has 1 aromatic carbocycles. The van der Waals surface area contributed by atoms with Gasteiger partial charge in [-0.1, -0.05) is 11.6 Å². The number of carbonyl (C=O) groups is 2. The molecule has 25 heavy (non-hydrogen) atoms. The van der Waals surface area contributed by atoms with Crippen molar-refractivity contribution in [3.63, 3.8) is 0 Å². The molecule has 1 N–H and O–H groups in total. The number of ketones is 2. The molecule has 0 saturated carbocycles. The van der Waals surface area contributed by atoms with Crippen molar-refractivity contribution in [1.82, 2.24) is 15.2 Å². The zero-order chi connectivity index (χ0) is 18.0. The van der Waals surface area contributed by atoms with E-state index >= 15 is 0 Å². The monoisotopic (exact) mass is 395 g/mol. The molecule has 0 fully saturated rings. The molecule has 2 aromatic heterocycles. The molecule has 0 spiro atoms. The van der Waals surface area contributed by atoms with Gasteiger partial charge in [-0.3, -0.25) is 14.7 Å². The minimum absolute atomic E-state index is 0.0629. The largest absolute Gasteiger partial charge is 0.290 e. The topological polar surface area (TPSA) is 110 Å². The van der Waals surface area contributed by atoms with E-state index in [0.29, 0.717) is 9.90 Å². The van der Waals surface area contributed by atoms with Crippen molar-refractivity contribution >= 4 is 44.3 Å². The summed E-state index contributed by atoms with van der Waals surface area (Å²) in [6.07, 6.45) is 0.983. The molecule has 0 unspecified atom stereocenters. The summed E-state index contributed by atoms with van der Waals surface area (Å²) in [5.41, 5.74) is 0. The third kappa shape index (κ3) is 3.68. The zero-order valence-corrected chi connectivity index (χ0v) is 14.9. The maximum Gasteiger partial charge on any atom is 0.267 e. The molecule has 0 aliphatic heterocycles. The number of aromatic amines is 1. The highest BCUT2D eigenvalue weighted by Crippen LogP contribution is 2.27. The Balaban J connectivity index is 1.79. The standard InChI is InChI=1S/C15H10ClN3O4S2/c16-9-1-3-11(4-2-9)25(22,23)12-5-10(24-7-12)6-13(20)14(21)15-17-8-18-19-15/h1-5,7-8H,6H2,(H,17,18,19).